The maximum atomic E-state index is 15.4. The van der Waals surface area contributed by atoms with Gasteiger partial charge >= 0.3 is 0 Å². The molecule has 0 bridgehead atoms. The molecule has 10 heteroatoms. The number of nitrogens with two attached hydrogens (primary N) is 1. The Morgan fingerprint density at radius 1 is 1.05 bits per heavy atom. The Balaban J connectivity index is 1.51. The van der Waals surface area contributed by atoms with Gasteiger partial charge in [0, 0.05) is 17.6 Å². The summed E-state index contributed by atoms with van der Waals surface area (Å²) in [4.78, 5) is 29.8. The maximum absolute atomic E-state index is 15.4. The molecule has 0 saturated heterocycles. The monoisotopic (exact) mass is 570 g/mol. The predicted octanol–water partition coefficient (Wildman–Crippen LogP) is 5.22. The number of aliphatic hydroxyl groups excluding tert-OH is 1. The molecule has 5 rings (SSSR count). The van der Waals surface area contributed by atoms with Crippen LogP contribution in [0.2, 0.25) is 0 Å². The summed E-state index contributed by atoms with van der Waals surface area (Å²) < 4.78 is 29.4. The first-order valence-corrected chi connectivity index (χ1v) is 13.4. The maximum Gasteiger partial charge on any atom is 0.284 e. The summed E-state index contributed by atoms with van der Waals surface area (Å²) in [6.45, 7) is 5.41. The number of carbonyl (C=O) groups is 1. The Morgan fingerprint density at radius 2 is 1.81 bits per heavy atom. The summed E-state index contributed by atoms with van der Waals surface area (Å²) in [7, 11) is 1.57. The van der Waals surface area contributed by atoms with Gasteiger partial charge in [0.05, 0.1) is 36.7 Å². The van der Waals surface area contributed by atoms with Crippen LogP contribution in [0.1, 0.15) is 29.9 Å². The van der Waals surface area contributed by atoms with Crippen LogP contribution in [-0.4, -0.2) is 38.6 Å². The number of hydrogen-bond donors (Lipinski definition) is 2. The summed E-state index contributed by atoms with van der Waals surface area (Å²) in [5, 5.41) is 11.3. The molecule has 3 aromatic carbocycles. The number of pyridine rings is 1. The zero-order valence-electron chi connectivity index (χ0n) is 23.7. The molecule has 3 N–H and O–H groups in total. The fourth-order valence-corrected chi connectivity index (χ4v) is 4.81. The molecule has 2 aromatic heterocycles. The zero-order valence-corrected chi connectivity index (χ0v) is 23.7. The number of primary amides is 1. The number of halogens is 1. The molecule has 5 aromatic rings. The van der Waals surface area contributed by atoms with Gasteiger partial charge in [-0.15, -0.1) is 0 Å². The van der Waals surface area contributed by atoms with E-state index in [-0.39, 0.29) is 23.8 Å². The molecule has 0 saturated carbocycles. The van der Waals surface area contributed by atoms with Crippen molar-refractivity contribution in [2.45, 2.75) is 33.4 Å². The van der Waals surface area contributed by atoms with Crippen LogP contribution in [0.4, 0.5) is 4.39 Å². The van der Waals surface area contributed by atoms with Crippen LogP contribution in [0.25, 0.3) is 27.7 Å². The summed E-state index contributed by atoms with van der Waals surface area (Å²) in [5.74, 6) is -0.386. The third-order valence-electron chi connectivity index (χ3n) is 7.26. The van der Waals surface area contributed by atoms with Crippen molar-refractivity contribution in [3.05, 3.63) is 100 Å². The van der Waals surface area contributed by atoms with Crippen LogP contribution >= 0.6 is 0 Å². The predicted molar refractivity (Wildman–Crippen MR) is 158 cm³/mol. The van der Waals surface area contributed by atoms with E-state index in [1.807, 2.05) is 13.8 Å². The molecule has 1 unspecified atom stereocenters. The van der Waals surface area contributed by atoms with Gasteiger partial charge in [0.25, 0.3) is 11.5 Å². The van der Waals surface area contributed by atoms with Crippen LogP contribution in [0.5, 0.6) is 17.2 Å². The third kappa shape index (κ3) is 5.36. The van der Waals surface area contributed by atoms with Crippen LogP contribution < -0.4 is 20.8 Å². The van der Waals surface area contributed by atoms with Gasteiger partial charge in [-0.3, -0.25) is 19.3 Å². The van der Waals surface area contributed by atoms with E-state index in [2.05, 4.69) is 4.98 Å². The molecule has 9 nitrogen and oxygen atoms in total. The molecule has 0 spiro atoms. The number of methoxy groups -OCH3 is 1. The van der Waals surface area contributed by atoms with E-state index in [4.69, 9.17) is 15.2 Å². The number of aromatic nitrogens is 3. The van der Waals surface area contributed by atoms with Crippen LogP contribution in [0, 0.1) is 18.7 Å². The number of ether oxygens (including phenoxy) is 2. The van der Waals surface area contributed by atoms with Gasteiger partial charge in [0.1, 0.15) is 17.1 Å². The number of hydrogen-bond acceptors (Lipinski definition) is 6. The Morgan fingerprint density at radius 3 is 2.50 bits per heavy atom. The number of carbonyl (C=O) groups excluding carboxylic acids is 1. The number of rotatable bonds is 9. The SMILES string of the molecule is COc1ccc2c(Oc3ccc(-c4cccc(-n5c(=O)c(C(N)=O)c(C)n5CC(O)C(C)C)c4)cc3F)ccnc2c1. The fourth-order valence-electron chi connectivity index (χ4n) is 4.81. The van der Waals surface area contributed by atoms with Crippen LogP contribution in [0.15, 0.2) is 77.7 Å². The molecule has 0 fully saturated rings. The van der Waals surface area contributed by atoms with Gasteiger partial charge in [0.15, 0.2) is 11.6 Å². The number of nitrogens with zero attached hydrogens (tertiary/aromatic N) is 3. The zero-order chi connectivity index (χ0) is 30.1. The van der Waals surface area contributed by atoms with Crippen molar-refractivity contribution in [1.82, 2.24) is 14.3 Å². The molecule has 1 atom stereocenters. The third-order valence-corrected chi connectivity index (χ3v) is 7.26. The second-order valence-electron chi connectivity index (χ2n) is 10.3. The molecule has 1 amide bonds. The average molecular weight is 571 g/mol. The van der Waals surface area contributed by atoms with E-state index in [0.717, 1.165) is 0 Å². The largest absolute Gasteiger partial charge is 0.497 e. The van der Waals surface area contributed by atoms with Gasteiger partial charge in [-0.1, -0.05) is 32.0 Å². The highest BCUT2D eigenvalue weighted by Crippen LogP contribution is 2.34. The van der Waals surface area contributed by atoms with E-state index in [1.165, 1.54) is 16.8 Å². The van der Waals surface area contributed by atoms with Crippen molar-refractivity contribution in [3.63, 3.8) is 0 Å². The summed E-state index contributed by atoms with van der Waals surface area (Å²) in [6.07, 6.45) is 0.810. The van der Waals surface area contributed by atoms with Gasteiger partial charge in [0.2, 0.25) is 0 Å². The lowest BCUT2D eigenvalue weighted by molar-refractivity contribution is 0.0981. The quantitative estimate of drug-likeness (QED) is 0.251. The van der Waals surface area contributed by atoms with Gasteiger partial charge in [-0.05, 0) is 66.4 Å². The first-order valence-electron chi connectivity index (χ1n) is 13.4. The molecule has 0 aliphatic heterocycles. The second kappa shape index (κ2) is 11.5. The van der Waals surface area contributed by atoms with Crippen LogP contribution in [-0.2, 0) is 6.54 Å². The Labute approximate surface area is 241 Å². The average Bonchev–Trinajstić information content (AvgIpc) is 3.22. The van der Waals surface area contributed by atoms with E-state index < -0.39 is 23.4 Å². The Kier molecular flexibility index (Phi) is 7.82. The van der Waals surface area contributed by atoms with Crippen molar-refractivity contribution < 1.29 is 23.8 Å². The van der Waals surface area contributed by atoms with E-state index in [0.29, 0.717) is 44.9 Å². The lowest BCUT2D eigenvalue weighted by Gasteiger charge is -2.20. The van der Waals surface area contributed by atoms with Gasteiger partial charge in [-0.25, -0.2) is 9.07 Å². The number of benzene rings is 3. The highest BCUT2D eigenvalue weighted by atomic mass is 19.1. The molecular formula is C32H31FN4O5. The van der Waals surface area contributed by atoms with Gasteiger partial charge < -0.3 is 20.3 Å². The molecule has 0 aliphatic carbocycles. The Bertz CT molecular complexity index is 1860. The van der Waals surface area contributed by atoms with E-state index >= 15 is 4.39 Å². The first-order chi connectivity index (χ1) is 20.1. The number of fused-ring (bicyclic) bond motifs is 1. The smallest absolute Gasteiger partial charge is 0.284 e. The Hall–Kier alpha value is -4.96. The number of aliphatic hydroxyl groups is 1. The second-order valence-corrected chi connectivity index (χ2v) is 10.3. The normalized spacial score (nSPS) is 12.1. The molecule has 0 aliphatic rings. The van der Waals surface area contributed by atoms with Crippen molar-refractivity contribution in [2.75, 3.05) is 7.11 Å². The fraction of sp³-hybridized carbons (Fsp3) is 0.219. The van der Waals surface area contributed by atoms with Crippen molar-refractivity contribution >= 4 is 16.8 Å². The minimum absolute atomic E-state index is 0.0349. The lowest BCUT2D eigenvalue weighted by Crippen LogP contribution is -2.29. The molecule has 216 valence electrons. The standard InChI is InChI=1S/C32H31FN4O5/c1-18(2)27(38)17-36-19(3)30(31(34)39)32(40)37(36)22-7-5-6-20(14-22)21-8-11-29(25(33)15-21)42-28-12-13-35-26-16-23(41-4)9-10-24(26)28/h5-16,18,27,38H,17H2,1-4H3,(H2,34,39). The van der Waals surface area contributed by atoms with Crippen molar-refractivity contribution in [3.8, 4) is 34.1 Å². The highest BCUT2D eigenvalue weighted by Gasteiger charge is 2.24. The first kappa shape index (κ1) is 28.6. The molecule has 2 heterocycles. The van der Waals surface area contributed by atoms with Crippen molar-refractivity contribution in [2.24, 2.45) is 11.7 Å². The minimum Gasteiger partial charge on any atom is -0.497 e. The molecular weight excluding hydrogens is 539 g/mol. The lowest BCUT2D eigenvalue weighted by atomic mass is 10.0. The van der Waals surface area contributed by atoms with Crippen molar-refractivity contribution in [1.29, 1.82) is 0 Å². The summed E-state index contributed by atoms with van der Waals surface area (Å²) in [6, 6.07) is 18.5. The summed E-state index contributed by atoms with van der Waals surface area (Å²) in [5.41, 5.74) is 7.40. The van der Waals surface area contributed by atoms with E-state index in [9.17, 15) is 14.7 Å². The summed E-state index contributed by atoms with van der Waals surface area (Å²) >= 11 is 0. The highest BCUT2D eigenvalue weighted by molar-refractivity contribution is 5.93. The number of amides is 1. The van der Waals surface area contributed by atoms with E-state index in [1.54, 1.807) is 79.5 Å². The molecule has 42 heavy (non-hydrogen) atoms. The van der Waals surface area contributed by atoms with Gasteiger partial charge in [-0.2, -0.15) is 0 Å². The molecule has 0 radical (unpaired) electrons. The minimum atomic E-state index is -0.848. The topological polar surface area (TPSA) is 122 Å². The van der Waals surface area contributed by atoms with Crippen LogP contribution in [0.3, 0.4) is 0 Å².